The van der Waals surface area contributed by atoms with E-state index in [0.29, 0.717) is 13.0 Å². The maximum absolute atomic E-state index is 12.0. The molecule has 3 aromatic rings. The van der Waals surface area contributed by atoms with Crippen LogP contribution in [0, 0.1) is 0 Å². The summed E-state index contributed by atoms with van der Waals surface area (Å²) in [5, 5.41) is 2.98. The molecule has 0 aliphatic carbocycles. The number of fused-ring (bicyclic) bond motifs is 1. The first-order valence-electron chi connectivity index (χ1n) is 9.14. The molecule has 1 saturated heterocycles. The molecule has 1 N–H and O–H groups in total. The zero-order valence-corrected chi connectivity index (χ0v) is 14.7. The number of aromatic nitrogens is 2. The van der Waals surface area contributed by atoms with Gasteiger partial charge in [0.2, 0.25) is 5.91 Å². The highest BCUT2D eigenvalue weighted by Gasteiger charge is 2.18. The van der Waals surface area contributed by atoms with Crippen molar-refractivity contribution in [2.24, 2.45) is 0 Å². The number of hydrogen-bond acceptors (Lipinski definition) is 3. The van der Waals surface area contributed by atoms with Crippen LogP contribution in [0.4, 0.5) is 0 Å². The molecule has 1 aliphatic heterocycles. The third-order valence-electron chi connectivity index (χ3n) is 4.83. The van der Waals surface area contributed by atoms with Crippen molar-refractivity contribution in [1.82, 2.24) is 14.9 Å². The zero-order chi connectivity index (χ0) is 17.8. The summed E-state index contributed by atoms with van der Waals surface area (Å²) < 4.78 is 7.65. The molecule has 0 bridgehead atoms. The van der Waals surface area contributed by atoms with Gasteiger partial charge in [0.05, 0.1) is 29.9 Å². The number of ether oxygens (including phenoxy) is 1. The van der Waals surface area contributed by atoms with Gasteiger partial charge >= 0.3 is 0 Å². The number of carbonyl (C=O) groups excluding carboxylic acids is 1. The van der Waals surface area contributed by atoms with E-state index in [1.54, 1.807) is 0 Å². The molecule has 1 fully saturated rings. The molecule has 26 heavy (non-hydrogen) atoms. The molecule has 1 aromatic heterocycles. The Kier molecular flexibility index (Phi) is 4.97. The molecule has 1 amide bonds. The number of benzene rings is 2. The summed E-state index contributed by atoms with van der Waals surface area (Å²) in [6.07, 6.45) is 4.49. The van der Waals surface area contributed by atoms with Crippen LogP contribution < -0.4 is 5.32 Å². The number of rotatable bonds is 6. The minimum absolute atomic E-state index is 0.0610. The molecule has 2 heterocycles. The summed E-state index contributed by atoms with van der Waals surface area (Å²) in [4.78, 5) is 16.4. The normalized spacial score (nSPS) is 16.8. The molecule has 5 nitrogen and oxygen atoms in total. The third kappa shape index (κ3) is 3.94. The number of nitrogens with one attached hydrogen (secondary N) is 1. The van der Waals surface area contributed by atoms with Crippen molar-refractivity contribution in [2.75, 3.05) is 6.61 Å². The fourth-order valence-electron chi connectivity index (χ4n) is 3.38. The number of carbonyl (C=O) groups is 1. The van der Waals surface area contributed by atoms with Gasteiger partial charge in [-0.25, -0.2) is 4.98 Å². The van der Waals surface area contributed by atoms with Gasteiger partial charge in [0.15, 0.2) is 0 Å². The second kappa shape index (κ2) is 7.70. The highest BCUT2D eigenvalue weighted by atomic mass is 16.5. The van der Waals surface area contributed by atoms with Gasteiger partial charge in [-0.1, -0.05) is 36.4 Å². The molecule has 2 aromatic carbocycles. The standard InChI is InChI=1S/C21H23N3O2/c25-21(12-18-4-3-11-26-18)22-13-16-7-9-17(10-8-16)14-24-15-23-19-5-1-2-6-20(19)24/h1-2,5-10,15,18H,3-4,11-14H2,(H,22,25). The molecule has 1 atom stereocenters. The number of amides is 1. The van der Waals surface area contributed by atoms with E-state index in [0.717, 1.165) is 42.6 Å². The van der Waals surface area contributed by atoms with Gasteiger partial charge in [0.1, 0.15) is 0 Å². The maximum atomic E-state index is 12.0. The number of hydrogen-bond donors (Lipinski definition) is 1. The monoisotopic (exact) mass is 349 g/mol. The molecule has 0 radical (unpaired) electrons. The van der Waals surface area contributed by atoms with E-state index in [4.69, 9.17) is 4.74 Å². The second-order valence-electron chi connectivity index (χ2n) is 6.79. The minimum atomic E-state index is 0.0610. The predicted molar refractivity (Wildman–Crippen MR) is 101 cm³/mol. The average Bonchev–Trinajstić information content (AvgIpc) is 3.32. The highest BCUT2D eigenvalue weighted by molar-refractivity contribution is 5.76. The van der Waals surface area contributed by atoms with E-state index in [-0.39, 0.29) is 12.0 Å². The Morgan fingerprint density at radius 2 is 1.96 bits per heavy atom. The number of nitrogens with zero attached hydrogens (tertiary/aromatic N) is 2. The average molecular weight is 349 g/mol. The van der Waals surface area contributed by atoms with Crippen molar-refractivity contribution < 1.29 is 9.53 Å². The Morgan fingerprint density at radius 3 is 2.77 bits per heavy atom. The quantitative estimate of drug-likeness (QED) is 0.743. The van der Waals surface area contributed by atoms with E-state index in [1.807, 2.05) is 24.5 Å². The lowest BCUT2D eigenvalue weighted by molar-refractivity contribution is -0.123. The molecular weight excluding hydrogens is 326 g/mol. The predicted octanol–water partition coefficient (Wildman–Crippen LogP) is 3.27. The minimum Gasteiger partial charge on any atom is -0.378 e. The van der Waals surface area contributed by atoms with Crippen LogP contribution in [0.15, 0.2) is 54.9 Å². The SMILES string of the molecule is O=C(CC1CCCO1)NCc1ccc(Cn2cnc3ccccc32)cc1. The van der Waals surface area contributed by atoms with Crippen LogP contribution in [0.1, 0.15) is 30.4 Å². The molecular formula is C21H23N3O2. The Bertz CT molecular complexity index is 880. The van der Waals surface area contributed by atoms with Crippen LogP contribution >= 0.6 is 0 Å². The van der Waals surface area contributed by atoms with E-state index in [2.05, 4.69) is 45.2 Å². The van der Waals surface area contributed by atoms with Crippen molar-refractivity contribution in [3.8, 4) is 0 Å². The van der Waals surface area contributed by atoms with Crippen molar-refractivity contribution in [2.45, 2.75) is 38.5 Å². The summed E-state index contributed by atoms with van der Waals surface area (Å²) in [6, 6.07) is 16.5. The molecule has 0 saturated carbocycles. The van der Waals surface area contributed by atoms with Crippen molar-refractivity contribution >= 4 is 16.9 Å². The van der Waals surface area contributed by atoms with Gasteiger partial charge in [-0.3, -0.25) is 4.79 Å². The van der Waals surface area contributed by atoms with Gasteiger partial charge < -0.3 is 14.6 Å². The molecule has 134 valence electrons. The van der Waals surface area contributed by atoms with Crippen molar-refractivity contribution in [3.05, 3.63) is 66.0 Å². The Labute approximate surface area is 153 Å². The molecule has 1 aliphatic rings. The van der Waals surface area contributed by atoms with Gasteiger partial charge in [-0.2, -0.15) is 0 Å². The fraction of sp³-hybridized carbons (Fsp3) is 0.333. The molecule has 4 rings (SSSR count). The first-order chi connectivity index (χ1) is 12.8. The Morgan fingerprint density at radius 1 is 1.15 bits per heavy atom. The van der Waals surface area contributed by atoms with E-state index in [1.165, 1.54) is 5.56 Å². The van der Waals surface area contributed by atoms with Gasteiger partial charge in [-0.05, 0) is 36.1 Å². The van der Waals surface area contributed by atoms with E-state index >= 15 is 0 Å². The molecule has 1 unspecified atom stereocenters. The Hall–Kier alpha value is -2.66. The third-order valence-corrected chi connectivity index (χ3v) is 4.83. The fourth-order valence-corrected chi connectivity index (χ4v) is 3.38. The van der Waals surface area contributed by atoms with Crippen LogP contribution in [0.3, 0.4) is 0 Å². The molecule has 0 spiro atoms. The van der Waals surface area contributed by atoms with Crippen LogP contribution in [0.25, 0.3) is 11.0 Å². The summed E-state index contributed by atoms with van der Waals surface area (Å²) >= 11 is 0. The summed E-state index contributed by atoms with van der Waals surface area (Å²) in [5.41, 5.74) is 4.46. The summed E-state index contributed by atoms with van der Waals surface area (Å²) in [5.74, 6) is 0.0610. The van der Waals surface area contributed by atoms with Gasteiger partial charge in [0.25, 0.3) is 0 Å². The van der Waals surface area contributed by atoms with Crippen molar-refractivity contribution in [1.29, 1.82) is 0 Å². The lowest BCUT2D eigenvalue weighted by atomic mass is 10.1. The molecule has 5 heteroatoms. The maximum Gasteiger partial charge on any atom is 0.222 e. The van der Waals surface area contributed by atoms with Crippen LogP contribution in [-0.2, 0) is 22.6 Å². The highest BCUT2D eigenvalue weighted by Crippen LogP contribution is 2.16. The van der Waals surface area contributed by atoms with E-state index < -0.39 is 0 Å². The van der Waals surface area contributed by atoms with Crippen LogP contribution in [-0.4, -0.2) is 28.2 Å². The van der Waals surface area contributed by atoms with Crippen LogP contribution in [0.2, 0.25) is 0 Å². The largest absolute Gasteiger partial charge is 0.378 e. The summed E-state index contributed by atoms with van der Waals surface area (Å²) in [6.45, 7) is 2.12. The van der Waals surface area contributed by atoms with Gasteiger partial charge in [0, 0.05) is 19.7 Å². The van der Waals surface area contributed by atoms with Crippen LogP contribution in [0.5, 0.6) is 0 Å². The number of para-hydroxylation sites is 2. The number of imidazole rings is 1. The van der Waals surface area contributed by atoms with E-state index in [9.17, 15) is 4.79 Å². The second-order valence-corrected chi connectivity index (χ2v) is 6.79. The first-order valence-corrected chi connectivity index (χ1v) is 9.14. The topological polar surface area (TPSA) is 56.1 Å². The van der Waals surface area contributed by atoms with Gasteiger partial charge in [-0.15, -0.1) is 0 Å². The first kappa shape index (κ1) is 16.8. The summed E-state index contributed by atoms with van der Waals surface area (Å²) in [7, 11) is 0. The Balaban J connectivity index is 1.32. The lowest BCUT2D eigenvalue weighted by Crippen LogP contribution is -2.26. The zero-order valence-electron chi connectivity index (χ0n) is 14.7. The van der Waals surface area contributed by atoms with Crippen molar-refractivity contribution in [3.63, 3.8) is 0 Å². The lowest BCUT2D eigenvalue weighted by Gasteiger charge is -2.10. The smallest absolute Gasteiger partial charge is 0.222 e.